The summed E-state index contributed by atoms with van der Waals surface area (Å²) >= 11 is 1.11. The summed E-state index contributed by atoms with van der Waals surface area (Å²) in [5, 5.41) is 11.3. The molecule has 0 spiro atoms. The molecule has 4 aromatic rings. The fourth-order valence-corrected chi connectivity index (χ4v) is 3.83. The highest BCUT2D eigenvalue weighted by molar-refractivity contribution is 7.99. The minimum Gasteiger partial charge on any atom is -0.455 e. The van der Waals surface area contributed by atoms with Gasteiger partial charge in [-0.25, -0.2) is 8.78 Å². The number of aromatic nitrogens is 3. The molecule has 0 saturated carbocycles. The predicted molar refractivity (Wildman–Crippen MR) is 123 cm³/mol. The van der Waals surface area contributed by atoms with Crippen LogP contribution in [0.25, 0.3) is 17.1 Å². The van der Waals surface area contributed by atoms with Crippen LogP contribution in [0.15, 0.2) is 84.0 Å². The van der Waals surface area contributed by atoms with Crippen LogP contribution in [0.4, 0.5) is 14.5 Å². The Bertz CT molecular complexity index is 1280. The second kappa shape index (κ2) is 10.7. The molecule has 0 bridgehead atoms. The van der Waals surface area contributed by atoms with Gasteiger partial charge in [-0.15, -0.1) is 10.2 Å². The standard InChI is InChI=1S/C24H18F2N4O3S/c25-17-11-18(26)13-19(12-17)27-21(31)14-33-22(32)15-34-24-29-28-23(16-7-3-1-4-8-16)30(24)20-9-5-2-6-10-20/h1-13H,14-15H2,(H,27,31). The van der Waals surface area contributed by atoms with E-state index in [0.717, 1.165) is 35.1 Å². The largest absolute Gasteiger partial charge is 0.455 e. The van der Waals surface area contributed by atoms with Crippen LogP contribution in [0.1, 0.15) is 0 Å². The number of amides is 1. The van der Waals surface area contributed by atoms with Crippen molar-refractivity contribution in [3.8, 4) is 17.1 Å². The Kier molecular flexibility index (Phi) is 7.28. The molecule has 172 valence electrons. The van der Waals surface area contributed by atoms with Crippen molar-refractivity contribution in [1.29, 1.82) is 0 Å². The summed E-state index contributed by atoms with van der Waals surface area (Å²) in [6.45, 7) is -0.599. The number of esters is 1. The van der Waals surface area contributed by atoms with Crippen molar-refractivity contribution < 1.29 is 23.1 Å². The van der Waals surface area contributed by atoms with E-state index in [0.29, 0.717) is 17.0 Å². The lowest BCUT2D eigenvalue weighted by Crippen LogP contribution is -2.21. The summed E-state index contributed by atoms with van der Waals surface area (Å²) in [6, 6.07) is 21.6. The number of hydrogen-bond acceptors (Lipinski definition) is 6. The van der Waals surface area contributed by atoms with Crippen molar-refractivity contribution in [2.24, 2.45) is 0 Å². The number of rotatable bonds is 8. The molecule has 0 saturated heterocycles. The summed E-state index contributed by atoms with van der Waals surface area (Å²) in [5.41, 5.74) is 1.61. The van der Waals surface area contributed by atoms with Gasteiger partial charge >= 0.3 is 5.97 Å². The van der Waals surface area contributed by atoms with Crippen LogP contribution in [0.3, 0.4) is 0 Å². The van der Waals surface area contributed by atoms with Crippen molar-refractivity contribution in [2.45, 2.75) is 5.16 Å². The van der Waals surface area contributed by atoms with E-state index < -0.39 is 30.1 Å². The van der Waals surface area contributed by atoms with Crippen LogP contribution in [0, 0.1) is 11.6 Å². The maximum atomic E-state index is 13.2. The molecular formula is C24H18F2N4O3S. The molecule has 1 N–H and O–H groups in total. The lowest BCUT2D eigenvalue weighted by atomic mass is 10.2. The van der Waals surface area contributed by atoms with Crippen LogP contribution < -0.4 is 5.32 Å². The van der Waals surface area contributed by atoms with Gasteiger partial charge in [-0.3, -0.25) is 14.2 Å². The lowest BCUT2D eigenvalue weighted by Gasteiger charge is -2.10. The summed E-state index contributed by atoms with van der Waals surface area (Å²) in [6.07, 6.45) is 0. The Morgan fingerprint density at radius 2 is 1.56 bits per heavy atom. The first kappa shape index (κ1) is 23.1. The van der Waals surface area contributed by atoms with E-state index in [-0.39, 0.29) is 11.4 Å². The molecule has 0 atom stereocenters. The number of anilines is 1. The van der Waals surface area contributed by atoms with E-state index in [1.165, 1.54) is 0 Å². The Hall–Kier alpha value is -4.05. The summed E-state index contributed by atoms with van der Waals surface area (Å²) in [4.78, 5) is 24.2. The van der Waals surface area contributed by atoms with Crippen molar-refractivity contribution in [2.75, 3.05) is 17.7 Å². The molecule has 0 aliphatic carbocycles. The van der Waals surface area contributed by atoms with Crippen LogP contribution >= 0.6 is 11.8 Å². The van der Waals surface area contributed by atoms with Gasteiger partial charge in [0.25, 0.3) is 5.91 Å². The van der Waals surface area contributed by atoms with Gasteiger partial charge in [0.1, 0.15) is 11.6 Å². The van der Waals surface area contributed by atoms with Crippen molar-refractivity contribution in [1.82, 2.24) is 14.8 Å². The van der Waals surface area contributed by atoms with Crippen molar-refractivity contribution in [3.63, 3.8) is 0 Å². The Morgan fingerprint density at radius 1 is 0.912 bits per heavy atom. The van der Waals surface area contributed by atoms with Crippen molar-refractivity contribution >= 4 is 29.3 Å². The normalized spacial score (nSPS) is 10.6. The SMILES string of the molecule is O=C(COC(=O)CSc1nnc(-c2ccccc2)n1-c1ccccc1)Nc1cc(F)cc(F)c1. The number of para-hydroxylation sites is 1. The highest BCUT2D eigenvalue weighted by Crippen LogP contribution is 2.27. The highest BCUT2D eigenvalue weighted by atomic mass is 32.2. The van der Waals surface area contributed by atoms with E-state index >= 15 is 0 Å². The molecule has 0 fully saturated rings. The third-order valence-corrected chi connectivity index (χ3v) is 5.41. The average Bonchev–Trinajstić information content (AvgIpc) is 3.26. The molecule has 3 aromatic carbocycles. The number of ether oxygens (including phenoxy) is 1. The number of halogens is 2. The van der Waals surface area contributed by atoms with Gasteiger partial charge in [0.15, 0.2) is 17.6 Å². The third-order valence-electron chi connectivity index (χ3n) is 4.51. The number of thioether (sulfide) groups is 1. The van der Waals surface area contributed by atoms with E-state index in [2.05, 4.69) is 15.5 Å². The molecule has 10 heteroatoms. The van der Waals surface area contributed by atoms with Crippen LogP contribution in [-0.2, 0) is 14.3 Å². The number of nitrogens with zero attached hydrogens (tertiary/aromatic N) is 3. The predicted octanol–water partition coefficient (Wildman–Crippen LogP) is 4.49. The molecule has 1 aromatic heterocycles. The second-order valence-electron chi connectivity index (χ2n) is 7.00. The Labute approximate surface area is 197 Å². The summed E-state index contributed by atoms with van der Waals surface area (Å²) in [5.74, 6) is -2.55. The molecule has 1 heterocycles. The van der Waals surface area contributed by atoms with Crippen LogP contribution in [-0.4, -0.2) is 39.0 Å². The van der Waals surface area contributed by atoms with Gasteiger partial charge in [-0.05, 0) is 24.3 Å². The van der Waals surface area contributed by atoms with Gasteiger partial charge in [-0.2, -0.15) is 0 Å². The van der Waals surface area contributed by atoms with Gasteiger partial charge in [0, 0.05) is 23.0 Å². The van der Waals surface area contributed by atoms with Gasteiger partial charge in [0.2, 0.25) is 0 Å². The molecule has 34 heavy (non-hydrogen) atoms. The molecule has 0 radical (unpaired) electrons. The zero-order valence-electron chi connectivity index (χ0n) is 17.7. The quantitative estimate of drug-likeness (QED) is 0.296. The van der Waals surface area contributed by atoms with Gasteiger partial charge in [0.05, 0.1) is 5.75 Å². The molecule has 0 aliphatic heterocycles. The first-order chi connectivity index (χ1) is 16.5. The molecule has 1 amide bonds. The number of carbonyl (C=O) groups is 2. The minimum absolute atomic E-state index is 0.0719. The Morgan fingerprint density at radius 3 is 2.24 bits per heavy atom. The monoisotopic (exact) mass is 480 g/mol. The smallest absolute Gasteiger partial charge is 0.316 e. The Balaban J connectivity index is 1.40. The van der Waals surface area contributed by atoms with Gasteiger partial charge in [-0.1, -0.05) is 60.3 Å². The summed E-state index contributed by atoms with van der Waals surface area (Å²) < 4.78 is 33.3. The maximum absolute atomic E-state index is 13.2. The van der Waals surface area contributed by atoms with E-state index in [4.69, 9.17) is 4.74 Å². The van der Waals surface area contributed by atoms with Crippen molar-refractivity contribution in [3.05, 3.63) is 90.5 Å². The molecule has 0 aliphatic rings. The van der Waals surface area contributed by atoms with E-state index in [9.17, 15) is 18.4 Å². The molecule has 7 nitrogen and oxygen atoms in total. The number of nitrogens with one attached hydrogen (secondary N) is 1. The maximum Gasteiger partial charge on any atom is 0.316 e. The minimum atomic E-state index is -0.832. The molecule has 0 unspecified atom stereocenters. The van der Waals surface area contributed by atoms with Crippen LogP contribution in [0.5, 0.6) is 0 Å². The number of hydrogen-bond donors (Lipinski definition) is 1. The second-order valence-corrected chi connectivity index (χ2v) is 7.94. The topological polar surface area (TPSA) is 86.1 Å². The molecular weight excluding hydrogens is 462 g/mol. The van der Waals surface area contributed by atoms with Crippen LogP contribution in [0.2, 0.25) is 0 Å². The number of carbonyl (C=O) groups excluding carboxylic acids is 2. The molecule has 4 rings (SSSR count). The first-order valence-corrected chi connectivity index (χ1v) is 11.1. The van der Waals surface area contributed by atoms with E-state index in [1.807, 2.05) is 65.2 Å². The zero-order chi connectivity index (χ0) is 23.9. The zero-order valence-corrected chi connectivity index (χ0v) is 18.5. The van der Waals surface area contributed by atoms with E-state index in [1.54, 1.807) is 0 Å². The highest BCUT2D eigenvalue weighted by Gasteiger charge is 2.18. The summed E-state index contributed by atoms with van der Waals surface area (Å²) in [7, 11) is 0. The van der Waals surface area contributed by atoms with Gasteiger partial charge < -0.3 is 10.1 Å². The average molecular weight is 480 g/mol. The third kappa shape index (κ3) is 5.84. The fourth-order valence-electron chi connectivity index (χ4n) is 3.08. The first-order valence-electron chi connectivity index (χ1n) is 10.1. The lowest BCUT2D eigenvalue weighted by molar-refractivity contribution is -0.144. The number of benzene rings is 3. The fraction of sp³-hybridized carbons (Fsp3) is 0.0833.